The highest BCUT2D eigenvalue weighted by Crippen LogP contribution is 2.41. The van der Waals surface area contributed by atoms with E-state index in [4.69, 9.17) is 16.3 Å². The summed E-state index contributed by atoms with van der Waals surface area (Å²) in [6.07, 6.45) is 1.38. The molecule has 0 atom stereocenters. The largest absolute Gasteiger partial charge is 0.495 e. The van der Waals surface area contributed by atoms with Crippen molar-refractivity contribution >= 4 is 23.2 Å². The second-order valence-corrected chi connectivity index (χ2v) is 5.65. The van der Waals surface area contributed by atoms with Gasteiger partial charge in [-0.1, -0.05) is 17.7 Å². The molecule has 2 aromatic rings. The highest BCUT2D eigenvalue weighted by Gasteiger charge is 2.30. The third kappa shape index (κ3) is 2.65. The maximum Gasteiger partial charge on any atom is 0.261 e. The fraction of sp³-hybridized carbons (Fsp3) is 0.235. The Morgan fingerprint density at radius 2 is 2.04 bits per heavy atom. The van der Waals surface area contributed by atoms with Crippen molar-refractivity contribution in [1.82, 2.24) is 0 Å². The number of methoxy groups -OCH3 is 1. The van der Waals surface area contributed by atoms with Crippen molar-refractivity contribution in [3.8, 4) is 5.75 Å². The van der Waals surface area contributed by atoms with Gasteiger partial charge in [-0.15, -0.1) is 0 Å². The molecule has 0 bridgehead atoms. The van der Waals surface area contributed by atoms with Gasteiger partial charge in [0.15, 0.2) is 11.6 Å². The Labute approximate surface area is 137 Å². The SMILES string of the molecule is COc1ccc(Cl)c2c1N(C(=O)c1cccc(F)c1F)CCC2. The quantitative estimate of drug-likeness (QED) is 0.821. The Hall–Kier alpha value is -2.14. The van der Waals surface area contributed by atoms with Crippen molar-refractivity contribution in [2.45, 2.75) is 12.8 Å². The second-order valence-electron chi connectivity index (χ2n) is 5.24. The molecule has 0 fully saturated rings. The van der Waals surface area contributed by atoms with Crippen LogP contribution in [0, 0.1) is 11.6 Å². The molecule has 0 spiro atoms. The third-order valence-electron chi connectivity index (χ3n) is 3.91. The molecule has 0 radical (unpaired) electrons. The number of carbonyl (C=O) groups excluding carboxylic acids is 1. The normalized spacial score (nSPS) is 13.7. The predicted molar refractivity (Wildman–Crippen MR) is 84.4 cm³/mol. The Kier molecular flexibility index (Phi) is 4.22. The number of hydrogen-bond donors (Lipinski definition) is 0. The van der Waals surface area contributed by atoms with Crippen LogP contribution in [0.2, 0.25) is 5.02 Å². The zero-order valence-electron chi connectivity index (χ0n) is 12.4. The maximum absolute atomic E-state index is 14.0. The van der Waals surface area contributed by atoms with Crippen molar-refractivity contribution in [2.75, 3.05) is 18.6 Å². The molecule has 1 heterocycles. The summed E-state index contributed by atoms with van der Waals surface area (Å²) in [5, 5.41) is 0.526. The van der Waals surface area contributed by atoms with Gasteiger partial charge in [-0.2, -0.15) is 0 Å². The molecule has 2 aromatic carbocycles. The van der Waals surface area contributed by atoms with Crippen LogP contribution in [0.1, 0.15) is 22.3 Å². The van der Waals surface area contributed by atoms with Crippen LogP contribution in [-0.4, -0.2) is 19.6 Å². The van der Waals surface area contributed by atoms with Gasteiger partial charge in [-0.3, -0.25) is 4.79 Å². The number of nitrogens with zero attached hydrogens (tertiary/aromatic N) is 1. The first-order valence-electron chi connectivity index (χ1n) is 7.16. The summed E-state index contributed by atoms with van der Waals surface area (Å²) in [4.78, 5) is 14.1. The molecule has 0 aliphatic carbocycles. The predicted octanol–water partition coefficient (Wildman–Crippen LogP) is 4.22. The van der Waals surface area contributed by atoms with Gasteiger partial charge in [0.25, 0.3) is 5.91 Å². The van der Waals surface area contributed by atoms with Gasteiger partial charge in [-0.05, 0) is 42.7 Å². The van der Waals surface area contributed by atoms with Gasteiger partial charge in [0, 0.05) is 11.6 Å². The molecule has 0 N–H and O–H groups in total. The van der Waals surface area contributed by atoms with Crippen LogP contribution in [0.15, 0.2) is 30.3 Å². The van der Waals surface area contributed by atoms with Gasteiger partial charge >= 0.3 is 0 Å². The molecular weight excluding hydrogens is 324 g/mol. The van der Waals surface area contributed by atoms with Gasteiger partial charge in [0.2, 0.25) is 0 Å². The standard InChI is InChI=1S/C17H14ClF2NO2/c1-23-14-8-7-12(18)10-5-3-9-21(16(10)14)17(22)11-4-2-6-13(19)15(11)20/h2,4,6-8H,3,5,9H2,1H3. The summed E-state index contributed by atoms with van der Waals surface area (Å²) < 4.78 is 32.7. The van der Waals surface area contributed by atoms with Gasteiger partial charge < -0.3 is 9.64 Å². The molecular formula is C17H14ClF2NO2. The minimum Gasteiger partial charge on any atom is -0.495 e. The van der Waals surface area contributed by atoms with Crippen LogP contribution in [-0.2, 0) is 6.42 Å². The molecule has 0 aromatic heterocycles. The average molecular weight is 338 g/mol. The maximum atomic E-state index is 14.0. The summed E-state index contributed by atoms with van der Waals surface area (Å²) >= 11 is 6.22. The molecule has 1 amide bonds. The van der Waals surface area contributed by atoms with Crippen LogP contribution in [0.25, 0.3) is 0 Å². The Balaban J connectivity index is 2.11. The van der Waals surface area contributed by atoms with E-state index in [-0.39, 0.29) is 5.56 Å². The zero-order chi connectivity index (χ0) is 16.6. The van der Waals surface area contributed by atoms with E-state index in [9.17, 15) is 13.6 Å². The van der Waals surface area contributed by atoms with Gasteiger partial charge in [-0.25, -0.2) is 8.78 Å². The summed E-state index contributed by atoms with van der Waals surface area (Å²) in [5.41, 5.74) is 1.00. The second kappa shape index (κ2) is 6.16. The molecule has 0 unspecified atom stereocenters. The lowest BCUT2D eigenvalue weighted by Crippen LogP contribution is -2.36. The average Bonchev–Trinajstić information content (AvgIpc) is 2.57. The minimum atomic E-state index is -1.15. The number of carbonyl (C=O) groups is 1. The fourth-order valence-corrected chi connectivity index (χ4v) is 3.08. The number of halogens is 3. The van der Waals surface area contributed by atoms with Gasteiger partial charge in [0.1, 0.15) is 5.75 Å². The first-order chi connectivity index (χ1) is 11.0. The van der Waals surface area contributed by atoms with E-state index in [1.54, 1.807) is 12.1 Å². The Morgan fingerprint density at radius 3 is 2.78 bits per heavy atom. The molecule has 120 valence electrons. The summed E-state index contributed by atoms with van der Waals surface area (Å²) in [7, 11) is 1.49. The molecule has 0 saturated carbocycles. The third-order valence-corrected chi connectivity index (χ3v) is 4.27. The van der Waals surface area contributed by atoms with Crippen molar-refractivity contribution < 1.29 is 18.3 Å². The number of anilines is 1. The van der Waals surface area contributed by atoms with Crippen LogP contribution >= 0.6 is 11.6 Å². The summed E-state index contributed by atoms with van der Waals surface area (Å²) in [6.45, 7) is 0.387. The van der Waals surface area contributed by atoms with E-state index in [0.717, 1.165) is 11.6 Å². The lowest BCUT2D eigenvalue weighted by atomic mass is 9.99. The number of hydrogen-bond acceptors (Lipinski definition) is 2. The molecule has 3 rings (SSSR count). The summed E-state index contributed by atoms with van der Waals surface area (Å²) in [5.74, 6) is -2.32. The van der Waals surface area contributed by atoms with Gasteiger partial charge in [0.05, 0.1) is 18.4 Å². The zero-order valence-corrected chi connectivity index (χ0v) is 13.2. The highest BCUT2D eigenvalue weighted by atomic mass is 35.5. The van der Waals surface area contributed by atoms with E-state index in [0.29, 0.717) is 35.8 Å². The smallest absolute Gasteiger partial charge is 0.261 e. The van der Waals surface area contributed by atoms with Crippen LogP contribution in [0.4, 0.5) is 14.5 Å². The van der Waals surface area contributed by atoms with Crippen LogP contribution in [0.5, 0.6) is 5.75 Å². The molecule has 23 heavy (non-hydrogen) atoms. The van der Waals surface area contributed by atoms with Crippen LogP contribution in [0.3, 0.4) is 0 Å². The van der Waals surface area contributed by atoms with Crippen molar-refractivity contribution in [2.24, 2.45) is 0 Å². The fourth-order valence-electron chi connectivity index (χ4n) is 2.83. The topological polar surface area (TPSA) is 29.5 Å². The number of rotatable bonds is 2. The summed E-state index contributed by atoms with van der Waals surface area (Å²) in [6, 6.07) is 6.93. The van der Waals surface area contributed by atoms with E-state index in [1.165, 1.54) is 24.1 Å². The monoisotopic (exact) mass is 337 g/mol. The molecule has 3 nitrogen and oxygen atoms in total. The van der Waals surface area contributed by atoms with Crippen molar-refractivity contribution in [3.63, 3.8) is 0 Å². The molecule has 1 aliphatic rings. The van der Waals surface area contributed by atoms with E-state index in [2.05, 4.69) is 0 Å². The highest BCUT2D eigenvalue weighted by molar-refractivity contribution is 6.32. The van der Waals surface area contributed by atoms with E-state index < -0.39 is 17.5 Å². The number of fused-ring (bicyclic) bond motifs is 1. The lowest BCUT2D eigenvalue weighted by Gasteiger charge is -2.31. The number of benzene rings is 2. The number of amides is 1. The molecule has 1 aliphatic heterocycles. The van der Waals surface area contributed by atoms with E-state index in [1.807, 2.05) is 0 Å². The molecule has 0 saturated heterocycles. The Morgan fingerprint density at radius 1 is 1.26 bits per heavy atom. The van der Waals surface area contributed by atoms with Crippen molar-refractivity contribution in [3.05, 3.63) is 58.1 Å². The molecule has 6 heteroatoms. The minimum absolute atomic E-state index is 0.306. The first kappa shape index (κ1) is 15.7. The first-order valence-corrected chi connectivity index (χ1v) is 7.53. The number of ether oxygens (including phenoxy) is 1. The van der Waals surface area contributed by atoms with Crippen molar-refractivity contribution in [1.29, 1.82) is 0 Å². The lowest BCUT2D eigenvalue weighted by molar-refractivity contribution is 0.0979. The van der Waals surface area contributed by atoms with E-state index >= 15 is 0 Å². The Bertz CT molecular complexity index is 779. The van der Waals surface area contributed by atoms with Crippen LogP contribution < -0.4 is 9.64 Å².